The van der Waals surface area contributed by atoms with Gasteiger partial charge in [-0.25, -0.2) is 9.78 Å². The average molecular weight is 298 g/mol. The summed E-state index contributed by atoms with van der Waals surface area (Å²) >= 11 is 0. The van der Waals surface area contributed by atoms with Crippen LogP contribution in [-0.2, 0) is 11.3 Å². The molecule has 0 saturated heterocycles. The molecule has 0 bridgehead atoms. The van der Waals surface area contributed by atoms with Crippen LogP contribution in [0.5, 0.6) is 5.75 Å². The fraction of sp³-hybridized carbons (Fsp3) is 0.231. The van der Waals surface area contributed by atoms with Gasteiger partial charge in [0.1, 0.15) is 17.3 Å². The highest BCUT2D eigenvalue weighted by Crippen LogP contribution is 2.16. The number of hydrogen-bond donors (Lipinski definition) is 1. The Labute approximate surface area is 118 Å². The van der Waals surface area contributed by atoms with Crippen LogP contribution in [-0.4, -0.2) is 24.7 Å². The van der Waals surface area contributed by atoms with E-state index in [1.54, 1.807) is 6.07 Å². The molecule has 0 unspecified atom stereocenters. The summed E-state index contributed by atoms with van der Waals surface area (Å²) in [6.45, 7) is -2.61. The molecule has 0 aliphatic carbocycles. The van der Waals surface area contributed by atoms with E-state index in [1.165, 1.54) is 31.5 Å². The van der Waals surface area contributed by atoms with Crippen molar-refractivity contribution in [2.24, 2.45) is 0 Å². The number of anilines is 1. The number of nitrogens with zero attached hydrogens (tertiary/aromatic N) is 1. The number of aromatic nitrogens is 1. The Bertz CT molecular complexity index is 598. The van der Waals surface area contributed by atoms with Gasteiger partial charge >= 0.3 is 12.6 Å². The SMILES string of the molecule is COC(=O)c1ccc(CNc2ccc(OC(F)F)cn2)o1. The minimum atomic E-state index is -2.88. The highest BCUT2D eigenvalue weighted by molar-refractivity contribution is 5.86. The molecule has 21 heavy (non-hydrogen) atoms. The third-order valence-corrected chi connectivity index (χ3v) is 2.45. The van der Waals surface area contributed by atoms with Crippen LogP contribution in [0.2, 0.25) is 0 Å². The van der Waals surface area contributed by atoms with Crippen LogP contribution in [0.1, 0.15) is 16.3 Å². The Morgan fingerprint density at radius 2 is 2.19 bits per heavy atom. The number of alkyl halides is 2. The standard InChI is InChI=1S/C13H12F2N2O4/c1-19-12(18)10-4-2-8(20-10)6-16-11-5-3-9(7-17-11)21-13(14)15/h2-5,7,13H,6H2,1H3,(H,16,17). The molecular weight excluding hydrogens is 286 g/mol. The number of methoxy groups -OCH3 is 1. The summed E-state index contributed by atoms with van der Waals surface area (Å²) in [5, 5.41) is 2.91. The number of hydrogen-bond acceptors (Lipinski definition) is 6. The number of ether oxygens (including phenoxy) is 2. The number of pyridine rings is 1. The fourth-order valence-corrected chi connectivity index (χ4v) is 1.52. The van der Waals surface area contributed by atoms with Gasteiger partial charge in [-0.1, -0.05) is 0 Å². The second-order valence-corrected chi connectivity index (χ2v) is 3.87. The Balaban J connectivity index is 1.90. The van der Waals surface area contributed by atoms with Crippen molar-refractivity contribution in [2.75, 3.05) is 12.4 Å². The third kappa shape index (κ3) is 4.16. The van der Waals surface area contributed by atoms with E-state index in [-0.39, 0.29) is 18.1 Å². The third-order valence-electron chi connectivity index (χ3n) is 2.45. The average Bonchev–Trinajstić information content (AvgIpc) is 2.94. The van der Waals surface area contributed by atoms with Gasteiger partial charge in [0.2, 0.25) is 5.76 Å². The number of esters is 1. The van der Waals surface area contributed by atoms with Crippen molar-refractivity contribution in [3.8, 4) is 5.75 Å². The van der Waals surface area contributed by atoms with E-state index < -0.39 is 12.6 Å². The van der Waals surface area contributed by atoms with Crippen molar-refractivity contribution in [3.63, 3.8) is 0 Å². The van der Waals surface area contributed by atoms with Crippen LogP contribution in [0, 0.1) is 0 Å². The molecule has 2 aromatic rings. The maximum Gasteiger partial charge on any atom is 0.387 e. The molecular formula is C13H12F2N2O4. The van der Waals surface area contributed by atoms with Crippen LogP contribution in [0.3, 0.4) is 0 Å². The minimum absolute atomic E-state index is 0.0264. The predicted molar refractivity (Wildman–Crippen MR) is 68.2 cm³/mol. The molecule has 0 radical (unpaired) electrons. The van der Waals surface area contributed by atoms with Crippen molar-refractivity contribution < 1.29 is 27.5 Å². The summed E-state index contributed by atoms with van der Waals surface area (Å²) in [5.41, 5.74) is 0. The van der Waals surface area contributed by atoms with E-state index in [9.17, 15) is 13.6 Å². The van der Waals surface area contributed by atoms with Crippen molar-refractivity contribution in [3.05, 3.63) is 42.0 Å². The summed E-state index contributed by atoms with van der Waals surface area (Å²) in [6.07, 6.45) is 1.18. The predicted octanol–water partition coefficient (Wildman–Crippen LogP) is 2.67. The first-order chi connectivity index (χ1) is 10.1. The van der Waals surface area contributed by atoms with Gasteiger partial charge in [-0.15, -0.1) is 0 Å². The van der Waals surface area contributed by atoms with Crippen molar-refractivity contribution in [2.45, 2.75) is 13.2 Å². The number of rotatable bonds is 6. The van der Waals surface area contributed by atoms with E-state index in [1.807, 2.05) is 0 Å². The molecule has 0 spiro atoms. The number of carbonyl (C=O) groups is 1. The monoisotopic (exact) mass is 298 g/mol. The molecule has 0 aromatic carbocycles. The van der Waals surface area contributed by atoms with Gasteiger partial charge in [-0.2, -0.15) is 8.78 Å². The van der Waals surface area contributed by atoms with E-state index in [2.05, 4.69) is 19.8 Å². The van der Waals surface area contributed by atoms with Gasteiger partial charge in [0.25, 0.3) is 0 Å². The Kier molecular flexibility index (Phi) is 4.70. The molecule has 112 valence electrons. The summed E-state index contributed by atoms with van der Waals surface area (Å²) in [6, 6.07) is 5.97. The van der Waals surface area contributed by atoms with Crippen LogP contribution < -0.4 is 10.1 Å². The van der Waals surface area contributed by atoms with E-state index in [0.29, 0.717) is 11.6 Å². The van der Waals surface area contributed by atoms with Gasteiger partial charge in [-0.3, -0.25) is 0 Å². The van der Waals surface area contributed by atoms with Crippen LogP contribution in [0.4, 0.5) is 14.6 Å². The lowest BCUT2D eigenvalue weighted by Crippen LogP contribution is -2.04. The highest BCUT2D eigenvalue weighted by atomic mass is 19.3. The summed E-state index contributed by atoms with van der Waals surface area (Å²) in [7, 11) is 1.26. The Hall–Kier alpha value is -2.64. The normalized spacial score (nSPS) is 10.5. The Morgan fingerprint density at radius 1 is 1.38 bits per heavy atom. The van der Waals surface area contributed by atoms with Gasteiger partial charge < -0.3 is 19.2 Å². The zero-order valence-electron chi connectivity index (χ0n) is 11.0. The highest BCUT2D eigenvalue weighted by Gasteiger charge is 2.11. The second-order valence-electron chi connectivity index (χ2n) is 3.87. The molecule has 2 aromatic heterocycles. The lowest BCUT2D eigenvalue weighted by molar-refractivity contribution is -0.0500. The van der Waals surface area contributed by atoms with Gasteiger partial charge in [0.05, 0.1) is 19.9 Å². The van der Waals surface area contributed by atoms with Crippen LogP contribution >= 0.6 is 0 Å². The number of furan rings is 1. The van der Waals surface area contributed by atoms with Gasteiger partial charge in [-0.05, 0) is 24.3 Å². The molecule has 0 saturated carbocycles. The Morgan fingerprint density at radius 3 is 2.81 bits per heavy atom. The maximum absolute atomic E-state index is 12.0. The van der Waals surface area contributed by atoms with E-state index >= 15 is 0 Å². The van der Waals surface area contributed by atoms with Crippen molar-refractivity contribution in [1.29, 1.82) is 0 Å². The quantitative estimate of drug-likeness (QED) is 0.826. The largest absolute Gasteiger partial charge is 0.463 e. The molecule has 8 heteroatoms. The minimum Gasteiger partial charge on any atom is -0.463 e. The summed E-state index contributed by atoms with van der Waals surface area (Å²) in [4.78, 5) is 15.1. The second kappa shape index (κ2) is 6.69. The van der Waals surface area contributed by atoms with Crippen molar-refractivity contribution in [1.82, 2.24) is 4.98 Å². The maximum atomic E-state index is 12.0. The molecule has 2 rings (SSSR count). The molecule has 0 aliphatic heterocycles. The number of carbonyl (C=O) groups excluding carboxylic acids is 1. The van der Waals surface area contributed by atoms with Gasteiger partial charge in [0, 0.05) is 0 Å². The first-order valence-corrected chi connectivity index (χ1v) is 5.90. The topological polar surface area (TPSA) is 73.6 Å². The zero-order chi connectivity index (χ0) is 15.2. The first kappa shape index (κ1) is 14.8. The van der Waals surface area contributed by atoms with E-state index in [4.69, 9.17) is 4.42 Å². The molecule has 0 fully saturated rings. The molecule has 0 aliphatic rings. The zero-order valence-corrected chi connectivity index (χ0v) is 11.0. The molecule has 0 amide bonds. The van der Waals surface area contributed by atoms with Crippen LogP contribution in [0.15, 0.2) is 34.9 Å². The van der Waals surface area contributed by atoms with Gasteiger partial charge in [0.15, 0.2) is 0 Å². The summed E-state index contributed by atoms with van der Waals surface area (Å²) < 4.78 is 37.9. The lowest BCUT2D eigenvalue weighted by atomic mass is 10.4. The lowest BCUT2D eigenvalue weighted by Gasteiger charge is -2.06. The first-order valence-electron chi connectivity index (χ1n) is 5.90. The molecule has 1 N–H and O–H groups in total. The summed E-state index contributed by atoms with van der Waals surface area (Å²) in [5.74, 6) is 0.468. The smallest absolute Gasteiger partial charge is 0.387 e. The number of nitrogens with one attached hydrogen (secondary N) is 1. The molecule has 0 atom stereocenters. The molecule has 2 heterocycles. The van der Waals surface area contributed by atoms with Crippen molar-refractivity contribution >= 4 is 11.8 Å². The number of halogens is 2. The van der Waals surface area contributed by atoms with Crippen LogP contribution in [0.25, 0.3) is 0 Å². The fourth-order valence-electron chi connectivity index (χ4n) is 1.52. The molecule has 6 nitrogen and oxygen atoms in total. The van der Waals surface area contributed by atoms with E-state index in [0.717, 1.165) is 0 Å².